The summed E-state index contributed by atoms with van der Waals surface area (Å²) in [4.78, 5) is 17.4. The molecule has 160 valence electrons. The molecular weight excluding hydrogens is 457 g/mol. The number of benzene rings is 3. The van der Waals surface area contributed by atoms with Crippen molar-refractivity contribution in [2.75, 3.05) is 0 Å². The summed E-state index contributed by atoms with van der Waals surface area (Å²) in [5.41, 5.74) is 6.06. The van der Waals surface area contributed by atoms with Gasteiger partial charge in [-0.2, -0.15) is 0 Å². The average molecular weight is 478 g/mol. The molecule has 3 aromatic carbocycles. The maximum absolute atomic E-state index is 12.7. The summed E-state index contributed by atoms with van der Waals surface area (Å²) in [5, 5.41) is 2.08. The Bertz CT molecular complexity index is 1320. The number of halogens is 2. The summed E-state index contributed by atoms with van der Waals surface area (Å²) in [7, 11) is 0. The van der Waals surface area contributed by atoms with E-state index in [9.17, 15) is 4.79 Å². The third kappa shape index (κ3) is 4.91. The van der Waals surface area contributed by atoms with Crippen molar-refractivity contribution in [1.82, 2.24) is 4.98 Å². The molecule has 5 rings (SSSR count). The SMILES string of the molecule is Cl.O=C1S[C@@H](c2cccc(/C=C/c3ccc4ccc(Cl)cc4n3)c2)CCc2ccccc21. The lowest BCUT2D eigenvalue weighted by molar-refractivity contribution is 0.108. The molecule has 0 unspecified atom stereocenters. The Balaban J connectivity index is 0.00000245. The number of thioether (sulfide) groups is 1. The zero-order valence-electron chi connectivity index (χ0n) is 17.2. The normalized spacial score (nSPS) is 15.9. The minimum atomic E-state index is 0. The molecule has 1 atom stereocenters. The number of hydrogen-bond donors (Lipinski definition) is 0. The van der Waals surface area contributed by atoms with Gasteiger partial charge < -0.3 is 0 Å². The number of fused-ring (bicyclic) bond motifs is 2. The first kappa shape index (κ1) is 22.6. The van der Waals surface area contributed by atoms with Crippen LogP contribution in [-0.2, 0) is 6.42 Å². The highest BCUT2D eigenvalue weighted by Crippen LogP contribution is 2.39. The van der Waals surface area contributed by atoms with Crippen molar-refractivity contribution in [3.05, 3.63) is 112 Å². The van der Waals surface area contributed by atoms with Gasteiger partial charge in [0.25, 0.3) is 0 Å². The molecule has 0 saturated carbocycles. The highest BCUT2D eigenvalue weighted by atomic mass is 35.5. The predicted molar refractivity (Wildman–Crippen MR) is 139 cm³/mol. The monoisotopic (exact) mass is 477 g/mol. The third-order valence-electron chi connectivity index (χ3n) is 5.57. The lowest BCUT2D eigenvalue weighted by Gasteiger charge is -2.13. The molecule has 0 bridgehead atoms. The van der Waals surface area contributed by atoms with Gasteiger partial charge in [0, 0.05) is 21.2 Å². The Kier molecular flexibility index (Phi) is 7.00. The molecule has 0 spiro atoms. The summed E-state index contributed by atoms with van der Waals surface area (Å²) in [6.07, 6.45) is 5.96. The summed E-state index contributed by atoms with van der Waals surface area (Å²) >= 11 is 7.54. The number of nitrogens with zero attached hydrogens (tertiary/aromatic N) is 1. The number of aryl methyl sites for hydroxylation is 1. The van der Waals surface area contributed by atoms with E-state index in [-0.39, 0.29) is 22.8 Å². The van der Waals surface area contributed by atoms with Crippen molar-refractivity contribution in [2.24, 2.45) is 0 Å². The van der Waals surface area contributed by atoms with E-state index in [0.29, 0.717) is 5.02 Å². The van der Waals surface area contributed by atoms with Crippen molar-refractivity contribution in [3.8, 4) is 0 Å². The van der Waals surface area contributed by atoms with E-state index in [1.165, 1.54) is 17.3 Å². The zero-order chi connectivity index (χ0) is 21.2. The van der Waals surface area contributed by atoms with Gasteiger partial charge >= 0.3 is 0 Å². The van der Waals surface area contributed by atoms with Crippen LogP contribution < -0.4 is 0 Å². The average Bonchev–Trinajstić information content (AvgIpc) is 2.97. The fourth-order valence-corrected chi connectivity index (χ4v) is 5.22. The van der Waals surface area contributed by atoms with E-state index < -0.39 is 0 Å². The van der Waals surface area contributed by atoms with E-state index in [0.717, 1.165) is 46.1 Å². The van der Waals surface area contributed by atoms with Crippen LogP contribution in [0.2, 0.25) is 5.02 Å². The second-order valence-electron chi connectivity index (χ2n) is 7.67. The molecule has 2 nitrogen and oxygen atoms in total. The standard InChI is InChI=1S/C27H20ClNOS.ClH/c28-22-12-9-20-10-14-23(29-25(20)17-22)13-8-18-4-3-6-21(16-18)26-15-11-19-5-1-2-7-24(19)27(30)31-26;/h1-10,12-14,16-17,26H,11,15H2;1H/b13-8+;/t26-;/m1./s1. The first-order chi connectivity index (χ1) is 15.2. The Morgan fingerprint density at radius 3 is 2.69 bits per heavy atom. The van der Waals surface area contributed by atoms with Crippen molar-refractivity contribution < 1.29 is 4.79 Å². The lowest BCUT2D eigenvalue weighted by atomic mass is 9.99. The molecule has 1 aromatic heterocycles. The van der Waals surface area contributed by atoms with Crippen LogP contribution in [0.15, 0.2) is 78.9 Å². The molecule has 5 heteroatoms. The molecular formula is C27H21Cl2NOS. The largest absolute Gasteiger partial charge is 0.282 e. The van der Waals surface area contributed by atoms with Crippen molar-refractivity contribution in [2.45, 2.75) is 18.1 Å². The molecule has 32 heavy (non-hydrogen) atoms. The molecule has 1 aliphatic rings. The van der Waals surface area contributed by atoms with Gasteiger partial charge in [0.1, 0.15) is 0 Å². The zero-order valence-corrected chi connectivity index (χ0v) is 19.6. The van der Waals surface area contributed by atoms with Crippen LogP contribution in [0.4, 0.5) is 0 Å². The molecule has 0 fully saturated rings. The number of rotatable bonds is 3. The second-order valence-corrected chi connectivity index (χ2v) is 9.28. The van der Waals surface area contributed by atoms with Crippen LogP contribution in [0, 0.1) is 0 Å². The van der Waals surface area contributed by atoms with Crippen LogP contribution >= 0.6 is 35.8 Å². The van der Waals surface area contributed by atoms with Crippen LogP contribution in [0.3, 0.4) is 0 Å². The predicted octanol–water partition coefficient (Wildman–Crippen LogP) is 8.04. The molecule has 4 aromatic rings. The minimum absolute atomic E-state index is 0. The van der Waals surface area contributed by atoms with Crippen LogP contribution in [0.25, 0.3) is 23.1 Å². The summed E-state index contributed by atoms with van der Waals surface area (Å²) in [5.74, 6) is 0. The quantitative estimate of drug-likeness (QED) is 0.298. The number of hydrogen-bond acceptors (Lipinski definition) is 3. The Morgan fingerprint density at radius 1 is 0.938 bits per heavy atom. The molecule has 0 N–H and O–H groups in total. The Hall–Kier alpha value is -2.59. The maximum atomic E-state index is 12.7. The molecule has 0 radical (unpaired) electrons. The van der Waals surface area contributed by atoms with Crippen LogP contribution in [0.5, 0.6) is 0 Å². The van der Waals surface area contributed by atoms with Gasteiger partial charge in [-0.15, -0.1) is 12.4 Å². The topological polar surface area (TPSA) is 30.0 Å². The Labute approximate surface area is 203 Å². The minimum Gasteiger partial charge on any atom is -0.282 e. The van der Waals surface area contributed by atoms with Gasteiger partial charge in [-0.25, -0.2) is 4.98 Å². The van der Waals surface area contributed by atoms with E-state index in [1.54, 1.807) is 0 Å². The van der Waals surface area contributed by atoms with Gasteiger partial charge in [-0.1, -0.05) is 90.1 Å². The molecule has 2 heterocycles. The number of carbonyl (C=O) groups excluding carboxylic acids is 1. The molecule has 1 aliphatic heterocycles. The van der Waals surface area contributed by atoms with Crippen molar-refractivity contribution in [1.29, 1.82) is 0 Å². The van der Waals surface area contributed by atoms with Crippen molar-refractivity contribution >= 4 is 63.9 Å². The lowest BCUT2D eigenvalue weighted by Crippen LogP contribution is -1.98. The smallest absolute Gasteiger partial charge is 0.220 e. The highest BCUT2D eigenvalue weighted by molar-refractivity contribution is 8.14. The third-order valence-corrected chi connectivity index (χ3v) is 7.03. The number of aromatic nitrogens is 1. The molecule has 0 saturated heterocycles. The van der Waals surface area contributed by atoms with E-state index >= 15 is 0 Å². The van der Waals surface area contributed by atoms with Gasteiger partial charge in [-0.3, -0.25) is 4.79 Å². The van der Waals surface area contributed by atoms with Gasteiger partial charge in [0.2, 0.25) is 5.12 Å². The number of carbonyl (C=O) groups is 1. The first-order valence-electron chi connectivity index (χ1n) is 10.3. The maximum Gasteiger partial charge on any atom is 0.220 e. The fourth-order valence-electron chi connectivity index (χ4n) is 3.95. The highest BCUT2D eigenvalue weighted by Gasteiger charge is 2.24. The first-order valence-corrected chi connectivity index (χ1v) is 11.5. The summed E-state index contributed by atoms with van der Waals surface area (Å²) in [6, 6.07) is 26.2. The van der Waals surface area contributed by atoms with Gasteiger partial charge in [-0.05, 0) is 53.8 Å². The second kappa shape index (κ2) is 9.91. The van der Waals surface area contributed by atoms with E-state index in [4.69, 9.17) is 11.6 Å². The van der Waals surface area contributed by atoms with Gasteiger partial charge in [0.05, 0.1) is 11.2 Å². The van der Waals surface area contributed by atoms with Gasteiger partial charge in [0.15, 0.2) is 0 Å². The fraction of sp³-hybridized carbons (Fsp3) is 0.111. The van der Waals surface area contributed by atoms with Crippen molar-refractivity contribution in [3.63, 3.8) is 0 Å². The number of pyridine rings is 1. The van der Waals surface area contributed by atoms with Crippen LogP contribution in [-0.4, -0.2) is 10.1 Å². The summed E-state index contributed by atoms with van der Waals surface area (Å²) < 4.78 is 0. The molecule has 0 aliphatic carbocycles. The van der Waals surface area contributed by atoms with E-state index in [2.05, 4.69) is 47.5 Å². The van der Waals surface area contributed by atoms with E-state index in [1.807, 2.05) is 48.5 Å². The molecule has 0 amide bonds. The Morgan fingerprint density at radius 2 is 1.78 bits per heavy atom. The summed E-state index contributed by atoms with van der Waals surface area (Å²) in [6.45, 7) is 0. The van der Waals surface area contributed by atoms with Crippen LogP contribution in [0.1, 0.15) is 44.4 Å².